The number of aliphatic hydroxyl groups is 1. The largest absolute Gasteiger partial charge is 0.394 e. The summed E-state index contributed by atoms with van der Waals surface area (Å²) in [7, 11) is 0. The molecule has 10 nitrogen and oxygen atoms in total. The molecule has 0 saturated heterocycles. The Labute approximate surface area is 223 Å². The minimum absolute atomic E-state index is 0.0211. The average molecular weight is 530 g/mol. The standard InChI is InChI=1S/C26H35N5O5S/c1-6-31(9-11-33-13-15-35-17-18-36-16-14-34-12-10-32)22-7-8-23(20(2)19-22)29-30-26-24(27-4)21(3)25(28-5)37-26/h7-8,19,32H,6,9-18H2,1-3H3. The third kappa shape index (κ3) is 10.2. The summed E-state index contributed by atoms with van der Waals surface area (Å²) in [5.41, 5.74) is 3.82. The minimum Gasteiger partial charge on any atom is -0.394 e. The fraction of sp³-hybridized carbons (Fsp3) is 0.538. The fourth-order valence-electron chi connectivity index (χ4n) is 3.30. The van der Waals surface area contributed by atoms with Crippen LogP contribution in [0.2, 0.25) is 0 Å². The predicted octanol–water partition coefficient (Wildman–Crippen LogP) is 5.77. The van der Waals surface area contributed by atoms with Gasteiger partial charge in [0.25, 0.3) is 0 Å². The van der Waals surface area contributed by atoms with E-state index in [-0.39, 0.29) is 6.61 Å². The molecular weight excluding hydrogens is 494 g/mol. The van der Waals surface area contributed by atoms with Crippen LogP contribution in [-0.4, -0.2) is 77.7 Å². The van der Waals surface area contributed by atoms with Gasteiger partial charge in [-0.25, -0.2) is 9.69 Å². The van der Waals surface area contributed by atoms with Crippen molar-refractivity contribution in [3.63, 3.8) is 0 Å². The highest BCUT2D eigenvalue weighted by molar-refractivity contribution is 7.20. The first-order valence-electron chi connectivity index (χ1n) is 12.1. The normalized spacial score (nSPS) is 11.1. The Balaban J connectivity index is 1.74. The average Bonchev–Trinajstić information content (AvgIpc) is 3.22. The molecule has 0 aliphatic heterocycles. The number of aryl methyl sites for hydroxylation is 1. The van der Waals surface area contributed by atoms with E-state index in [1.807, 2.05) is 19.1 Å². The van der Waals surface area contributed by atoms with Crippen LogP contribution < -0.4 is 4.90 Å². The zero-order valence-corrected chi connectivity index (χ0v) is 22.6. The molecule has 0 aliphatic carbocycles. The van der Waals surface area contributed by atoms with Crippen molar-refractivity contribution in [1.82, 2.24) is 0 Å². The van der Waals surface area contributed by atoms with E-state index < -0.39 is 0 Å². The Kier molecular flexibility index (Phi) is 14.4. The maximum absolute atomic E-state index is 8.61. The highest BCUT2D eigenvalue weighted by Gasteiger charge is 2.15. The van der Waals surface area contributed by atoms with Crippen LogP contribution in [0.25, 0.3) is 9.69 Å². The third-order valence-corrected chi connectivity index (χ3v) is 6.38. The molecule has 200 valence electrons. The van der Waals surface area contributed by atoms with Crippen LogP contribution in [0.5, 0.6) is 0 Å². The van der Waals surface area contributed by atoms with E-state index in [4.69, 9.17) is 37.2 Å². The number of rotatable bonds is 18. The second-order valence-corrected chi connectivity index (χ2v) is 8.81. The molecule has 0 amide bonds. The quantitative estimate of drug-likeness (QED) is 0.150. The maximum Gasteiger partial charge on any atom is 0.234 e. The van der Waals surface area contributed by atoms with Crippen molar-refractivity contribution in [2.24, 2.45) is 10.2 Å². The first kappa shape index (κ1) is 30.3. The Morgan fingerprint density at radius 2 is 1.51 bits per heavy atom. The number of hydrogen-bond acceptors (Lipinski definition) is 9. The third-order valence-electron chi connectivity index (χ3n) is 5.32. The molecule has 0 unspecified atom stereocenters. The Hall–Kier alpha value is -2.90. The summed E-state index contributed by atoms with van der Waals surface area (Å²) >= 11 is 1.19. The smallest absolute Gasteiger partial charge is 0.234 e. The van der Waals surface area contributed by atoms with Gasteiger partial charge in [-0.1, -0.05) is 6.92 Å². The van der Waals surface area contributed by atoms with Crippen LogP contribution in [0, 0.1) is 27.0 Å². The van der Waals surface area contributed by atoms with Crippen molar-refractivity contribution in [2.75, 3.05) is 77.5 Å². The van der Waals surface area contributed by atoms with E-state index in [2.05, 4.69) is 37.8 Å². The summed E-state index contributed by atoms with van der Waals surface area (Å²) < 4.78 is 21.7. The van der Waals surface area contributed by atoms with Gasteiger partial charge in [0.15, 0.2) is 0 Å². The van der Waals surface area contributed by atoms with E-state index in [1.54, 1.807) is 6.92 Å². The highest BCUT2D eigenvalue weighted by Crippen LogP contribution is 2.47. The van der Waals surface area contributed by atoms with Gasteiger partial charge in [-0.2, -0.15) is 10.2 Å². The Morgan fingerprint density at radius 1 is 0.892 bits per heavy atom. The molecule has 0 bridgehead atoms. The molecule has 37 heavy (non-hydrogen) atoms. The number of aliphatic hydroxyl groups excluding tert-OH is 1. The molecule has 2 rings (SSSR count). The molecule has 1 aromatic carbocycles. The Morgan fingerprint density at radius 3 is 2.05 bits per heavy atom. The van der Waals surface area contributed by atoms with E-state index in [0.29, 0.717) is 74.1 Å². The van der Waals surface area contributed by atoms with Crippen LogP contribution in [0.4, 0.5) is 27.1 Å². The van der Waals surface area contributed by atoms with E-state index >= 15 is 0 Å². The van der Waals surface area contributed by atoms with Crippen molar-refractivity contribution in [1.29, 1.82) is 0 Å². The van der Waals surface area contributed by atoms with E-state index in [1.165, 1.54) is 11.3 Å². The molecule has 0 aliphatic rings. The van der Waals surface area contributed by atoms with Crippen LogP contribution in [-0.2, 0) is 18.9 Å². The lowest BCUT2D eigenvalue weighted by atomic mass is 10.1. The molecular formula is C26H35N5O5S. The fourth-order valence-corrected chi connectivity index (χ4v) is 4.16. The van der Waals surface area contributed by atoms with Crippen LogP contribution in [0.15, 0.2) is 28.4 Å². The summed E-state index contributed by atoms with van der Waals surface area (Å²) in [6.07, 6.45) is 0. The zero-order chi connectivity index (χ0) is 26.9. The summed E-state index contributed by atoms with van der Waals surface area (Å²) in [5.74, 6) is 0. The van der Waals surface area contributed by atoms with Crippen molar-refractivity contribution in [3.05, 3.63) is 52.2 Å². The zero-order valence-electron chi connectivity index (χ0n) is 21.7. The van der Waals surface area contributed by atoms with Crippen LogP contribution >= 0.6 is 11.3 Å². The van der Waals surface area contributed by atoms with Gasteiger partial charge in [0.1, 0.15) is 5.00 Å². The summed E-state index contributed by atoms with van der Waals surface area (Å²) in [6.45, 7) is 25.9. The number of hydrogen-bond donors (Lipinski definition) is 1. The summed E-state index contributed by atoms with van der Waals surface area (Å²) in [4.78, 5) is 9.21. The number of benzene rings is 1. The lowest BCUT2D eigenvalue weighted by Crippen LogP contribution is -2.27. The highest BCUT2D eigenvalue weighted by atomic mass is 32.1. The molecule has 0 atom stereocenters. The van der Waals surface area contributed by atoms with E-state index in [0.717, 1.165) is 30.0 Å². The van der Waals surface area contributed by atoms with Crippen molar-refractivity contribution >= 4 is 38.4 Å². The van der Waals surface area contributed by atoms with Crippen molar-refractivity contribution in [3.8, 4) is 0 Å². The lowest BCUT2D eigenvalue weighted by Gasteiger charge is -2.23. The van der Waals surface area contributed by atoms with Crippen LogP contribution in [0.1, 0.15) is 18.1 Å². The van der Waals surface area contributed by atoms with Gasteiger partial charge in [-0.05, 0) is 43.2 Å². The molecule has 0 saturated carbocycles. The maximum atomic E-state index is 8.61. The lowest BCUT2D eigenvalue weighted by molar-refractivity contribution is -0.00488. The number of azo groups is 1. The minimum atomic E-state index is 0.0211. The summed E-state index contributed by atoms with van der Waals surface area (Å²) in [6, 6.07) is 5.98. The van der Waals surface area contributed by atoms with Gasteiger partial charge in [-0.15, -0.1) is 11.3 Å². The molecule has 0 radical (unpaired) electrons. The van der Waals surface area contributed by atoms with Gasteiger partial charge in [0, 0.05) is 18.8 Å². The first-order chi connectivity index (χ1) is 18.0. The van der Waals surface area contributed by atoms with Gasteiger partial charge in [0.2, 0.25) is 10.7 Å². The molecule has 1 N–H and O–H groups in total. The van der Waals surface area contributed by atoms with Gasteiger partial charge < -0.3 is 29.0 Å². The van der Waals surface area contributed by atoms with Crippen LogP contribution in [0.3, 0.4) is 0 Å². The number of likely N-dealkylation sites (N-methyl/N-ethyl adjacent to an activating group) is 1. The number of nitrogens with zero attached hydrogens (tertiary/aromatic N) is 5. The van der Waals surface area contributed by atoms with Gasteiger partial charge in [0.05, 0.1) is 78.3 Å². The second-order valence-electron chi connectivity index (χ2n) is 7.83. The number of thiophene rings is 1. The molecule has 1 heterocycles. The van der Waals surface area contributed by atoms with Gasteiger partial charge in [-0.3, -0.25) is 0 Å². The molecule has 0 fully saturated rings. The molecule has 1 aromatic heterocycles. The molecule has 2 aromatic rings. The Bertz CT molecular complexity index is 1080. The topological polar surface area (TPSA) is 93.8 Å². The predicted molar refractivity (Wildman–Crippen MR) is 145 cm³/mol. The molecule has 11 heteroatoms. The SMILES string of the molecule is [C-]#[N+]c1sc(N=Nc2ccc(N(CC)CCOCCOCCOCCOCCO)cc2C)c([N+]#[C-])c1C. The number of anilines is 1. The molecule has 0 spiro atoms. The first-order valence-corrected chi connectivity index (χ1v) is 12.9. The number of ether oxygens (including phenoxy) is 4. The van der Waals surface area contributed by atoms with E-state index in [9.17, 15) is 0 Å². The summed E-state index contributed by atoms with van der Waals surface area (Å²) in [5, 5.41) is 18.2. The van der Waals surface area contributed by atoms with Gasteiger partial charge >= 0.3 is 0 Å². The monoisotopic (exact) mass is 529 g/mol. The van der Waals surface area contributed by atoms with Crippen molar-refractivity contribution in [2.45, 2.75) is 20.8 Å². The van der Waals surface area contributed by atoms with Crippen molar-refractivity contribution < 1.29 is 24.1 Å². The second kappa shape index (κ2) is 17.5.